The number of ether oxygens (including phenoxy) is 1. The highest BCUT2D eigenvalue weighted by Crippen LogP contribution is 2.27. The standard InChI is InChI=1S/C14H20O3/c1-9-6-7-10(2)12(11(9)3)17-8-14(4,5)13(15)16/h6-7H,8H2,1-5H3,(H,15,16). The van der Waals surface area contributed by atoms with Gasteiger partial charge in [-0.15, -0.1) is 0 Å². The number of carbonyl (C=O) groups is 1. The van der Waals surface area contributed by atoms with E-state index in [4.69, 9.17) is 9.84 Å². The fraction of sp³-hybridized carbons (Fsp3) is 0.500. The van der Waals surface area contributed by atoms with Gasteiger partial charge in [0.1, 0.15) is 12.4 Å². The molecule has 0 bridgehead atoms. The van der Waals surface area contributed by atoms with E-state index in [-0.39, 0.29) is 6.61 Å². The van der Waals surface area contributed by atoms with Crippen molar-refractivity contribution in [1.29, 1.82) is 0 Å². The normalized spacial score (nSPS) is 11.4. The number of hydrogen-bond acceptors (Lipinski definition) is 2. The van der Waals surface area contributed by atoms with E-state index >= 15 is 0 Å². The van der Waals surface area contributed by atoms with Gasteiger partial charge < -0.3 is 9.84 Å². The van der Waals surface area contributed by atoms with Crippen molar-refractivity contribution in [3.05, 3.63) is 28.8 Å². The van der Waals surface area contributed by atoms with Gasteiger partial charge in [0, 0.05) is 0 Å². The Labute approximate surface area is 102 Å². The summed E-state index contributed by atoms with van der Waals surface area (Å²) in [6.07, 6.45) is 0. The first-order chi connectivity index (χ1) is 7.75. The molecule has 3 nitrogen and oxygen atoms in total. The zero-order chi connectivity index (χ0) is 13.2. The lowest BCUT2D eigenvalue weighted by molar-refractivity contribution is -0.148. The second kappa shape index (κ2) is 4.78. The maximum Gasteiger partial charge on any atom is 0.312 e. The molecule has 0 amide bonds. The van der Waals surface area contributed by atoms with Crippen LogP contribution in [0.5, 0.6) is 5.75 Å². The molecule has 0 aromatic heterocycles. The summed E-state index contributed by atoms with van der Waals surface area (Å²) >= 11 is 0. The van der Waals surface area contributed by atoms with Gasteiger partial charge in [0.05, 0.1) is 5.41 Å². The second-order valence-corrected chi connectivity index (χ2v) is 5.13. The Balaban J connectivity index is 2.90. The first-order valence-electron chi connectivity index (χ1n) is 5.68. The van der Waals surface area contributed by atoms with Gasteiger partial charge in [-0.2, -0.15) is 0 Å². The Morgan fingerprint density at radius 3 is 2.29 bits per heavy atom. The van der Waals surface area contributed by atoms with Gasteiger partial charge in [-0.3, -0.25) is 4.79 Å². The minimum atomic E-state index is -0.872. The van der Waals surface area contributed by atoms with E-state index in [2.05, 4.69) is 0 Å². The van der Waals surface area contributed by atoms with Crippen LogP contribution in [-0.2, 0) is 4.79 Å². The molecular formula is C14H20O3. The zero-order valence-electron chi connectivity index (χ0n) is 11.1. The Bertz CT molecular complexity index is 433. The van der Waals surface area contributed by atoms with Crippen LogP contribution < -0.4 is 4.74 Å². The topological polar surface area (TPSA) is 46.5 Å². The van der Waals surface area contributed by atoms with Crippen molar-refractivity contribution in [2.75, 3.05) is 6.61 Å². The van der Waals surface area contributed by atoms with Crippen molar-refractivity contribution in [2.24, 2.45) is 5.41 Å². The predicted molar refractivity (Wildman–Crippen MR) is 67.6 cm³/mol. The molecule has 0 fully saturated rings. The molecule has 0 unspecified atom stereocenters. The van der Waals surface area contributed by atoms with Gasteiger partial charge in [-0.05, 0) is 51.3 Å². The van der Waals surface area contributed by atoms with Gasteiger partial charge in [0.15, 0.2) is 0 Å². The largest absolute Gasteiger partial charge is 0.492 e. The number of carboxylic acid groups (broad SMARTS) is 1. The van der Waals surface area contributed by atoms with Crippen molar-refractivity contribution >= 4 is 5.97 Å². The summed E-state index contributed by atoms with van der Waals surface area (Å²) in [5, 5.41) is 9.03. The molecule has 0 heterocycles. The fourth-order valence-electron chi connectivity index (χ4n) is 1.46. The number of carboxylic acids is 1. The van der Waals surface area contributed by atoms with Crippen molar-refractivity contribution in [1.82, 2.24) is 0 Å². The molecule has 0 saturated carbocycles. The lowest BCUT2D eigenvalue weighted by atomic mass is 9.95. The summed E-state index contributed by atoms with van der Waals surface area (Å²) in [7, 11) is 0. The van der Waals surface area contributed by atoms with Crippen LogP contribution in [0.1, 0.15) is 30.5 Å². The summed E-state index contributed by atoms with van der Waals surface area (Å²) in [4.78, 5) is 11.0. The number of benzene rings is 1. The van der Waals surface area contributed by atoms with Crippen LogP contribution in [-0.4, -0.2) is 17.7 Å². The summed E-state index contributed by atoms with van der Waals surface area (Å²) in [6, 6.07) is 4.03. The average molecular weight is 236 g/mol. The second-order valence-electron chi connectivity index (χ2n) is 5.13. The molecule has 0 aliphatic rings. The van der Waals surface area contributed by atoms with Crippen LogP contribution in [0.15, 0.2) is 12.1 Å². The van der Waals surface area contributed by atoms with Crippen molar-refractivity contribution < 1.29 is 14.6 Å². The van der Waals surface area contributed by atoms with E-state index < -0.39 is 11.4 Å². The molecule has 0 atom stereocenters. The minimum Gasteiger partial charge on any atom is -0.492 e. The molecule has 1 N–H and O–H groups in total. The Morgan fingerprint density at radius 2 is 1.76 bits per heavy atom. The molecule has 0 radical (unpaired) electrons. The van der Waals surface area contributed by atoms with E-state index in [1.807, 2.05) is 32.9 Å². The van der Waals surface area contributed by atoms with Crippen LogP contribution in [0, 0.1) is 26.2 Å². The third-order valence-electron chi connectivity index (χ3n) is 3.03. The third kappa shape index (κ3) is 2.99. The quantitative estimate of drug-likeness (QED) is 0.873. The summed E-state index contributed by atoms with van der Waals surface area (Å²) < 4.78 is 5.69. The average Bonchev–Trinajstić information content (AvgIpc) is 2.23. The predicted octanol–water partition coefficient (Wildman–Crippen LogP) is 3.10. The monoisotopic (exact) mass is 236 g/mol. The number of rotatable bonds is 4. The highest BCUT2D eigenvalue weighted by molar-refractivity contribution is 5.73. The van der Waals surface area contributed by atoms with Gasteiger partial charge in [-0.25, -0.2) is 0 Å². The smallest absolute Gasteiger partial charge is 0.312 e. The molecule has 1 aromatic carbocycles. The minimum absolute atomic E-state index is 0.174. The molecule has 0 aliphatic carbocycles. The van der Waals surface area contributed by atoms with Crippen molar-refractivity contribution in [3.8, 4) is 5.75 Å². The fourth-order valence-corrected chi connectivity index (χ4v) is 1.46. The van der Waals surface area contributed by atoms with Crippen LogP contribution in [0.4, 0.5) is 0 Å². The molecule has 0 saturated heterocycles. The summed E-state index contributed by atoms with van der Waals surface area (Å²) in [5.41, 5.74) is 2.39. The molecule has 94 valence electrons. The Hall–Kier alpha value is -1.51. The number of hydrogen-bond donors (Lipinski definition) is 1. The van der Waals surface area contributed by atoms with Crippen LogP contribution in [0.3, 0.4) is 0 Å². The SMILES string of the molecule is Cc1ccc(C)c(OCC(C)(C)C(=O)O)c1C. The summed E-state index contributed by atoms with van der Waals surface area (Å²) in [5.74, 6) is -0.0419. The first-order valence-corrected chi connectivity index (χ1v) is 5.68. The summed E-state index contributed by atoms with van der Waals surface area (Å²) in [6.45, 7) is 9.48. The van der Waals surface area contributed by atoms with Crippen LogP contribution in [0.25, 0.3) is 0 Å². The van der Waals surface area contributed by atoms with Crippen molar-refractivity contribution in [2.45, 2.75) is 34.6 Å². The Kier molecular flexibility index (Phi) is 3.81. The van der Waals surface area contributed by atoms with E-state index in [9.17, 15) is 4.79 Å². The Morgan fingerprint density at radius 1 is 1.24 bits per heavy atom. The van der Waals surface area contributed by atoms with Crippen LogP contribution >= 0.6 is 0 Å². The lowest BCUT2D eigenvalue weighted by Gasteiger charge is -2.22. The molecule has 0 spiro atoms. The van der Waals surface area contributed by atoms with Gasteiger partial charge in [0.25, 0.3) is 0 Å². The van der Waals surface area contributed by atoms with Gasteiger partial charge in [-0.1, -0.05) is 12.1 Å². The molecule has 1 rings (SSSR count). The number of aliphatic carboxylic acids is 1. The molecule has 1 aromatic rings. The van der Waals surface area contributed by atoms with E-state index in [1.54, 1.807) is 13.8 Å². The van der Waals surface area contributed by atoms with E-state index in [0.717, 1.165) is 22.4 Å². The molecular weight excluding hydrogens is 216 g/mol. The molecule has 0 aliphatic heterocycles. The molecule has 17 heavy (non-hydrogen) atoms. The molecule has 3 heteroatoms. The maximum absolute atomic E-state index is 11.0. The van der Waals surface area contributed by atoms with E-state index in [1.165, 1.54) is 0 Å². The number of aryl methyl sites for hydroxylation is 2. The highest BCUT2D eigenvalue weighted by atomic mass is 16.5. The van der Waals surface area contributed by atoms with E-state index in [0.29, 0.717) is 0 Å². The zero-order valence-corrected chi connectivity index (χ0v) is 11.1. The van der Waals surface area contributed by atoms with Crippen LogP contribution in [0.2, 0.25) is 0 Å². The van der Waals surface area contributed by atoms with Gasteiger partial charge in [0.2, 0.25) is 0 Å². The highest BCUT2D eigenvalue weighted by Gasteiger charge is 2.28. The lowest BCUT2D eigenvalue weighted by Crippen LogP contribution is -2.31. The third-order valence-corrected chi connectivity index (χ3v) is 3.03. The van der Waals surface area contributed by atoms with Crippen molar-refractivity contribution in [3.63, 3.8) is 0 Å². The van der Waals surface area contributed by atoms with Gasteiger partial charge >= 0.3 is 5.97 Å². The maximum atomic E-state index is 11.0. The first kappa shape index (κ1) is 13.6.